The Morgan fingerprint density at radius 1 is 1.14 bits per heavy atom. The van der Waals surface area contributed by atoms with Crippen LogP contribution in [0.3, 0.4) is 0 Å². The number of nitrogens with zero attached hydrogens (tertiary/aromatic N) is 1. The van der Waals surface area contributed by atoms with E-state index in [1.807, 2.05) is 36.4 Å². The molecule has 0 saturated heterocycles. The zero-order chi connectivity index (χ0) is 21.0. The summed E-state index contributed by atoms with van der Waals surface area (Å²) in [6.45, 7) is 1.24. The highest BCUT2D eigenvalue weighted by Gasteiger charge is 2.30. The molecule has 1 unspecified atom stereocenters. The van der Waals surface area contributed by atoms with Crippen molar-refractivity contribution >= 4 is 29.3 Å². The average molecular weight is 397 g/mol. The van der Waals surface area contributed by atoms with E-state index in [1.165, 1.54) is 0 Å². The lowest BCUT2D eigenvalue weighted by Gasteiger charge is -2.20. The maximum absolute atomic E-state index is 12.7. The molecule has 0 aromatic heterocycles. The van der Waals surface area contributed by atoms with Crippen molar-refractivity contribution in [1.82, 2.24) is 5.32 Å². The zero-order valence-electron chi connectivity index (χ0n) is 16.0. The van der Waals surface area contributed by atoms with Crippen LogP contribution >= 0.6 is 0 Å². The molecule has 0 fully saturated rings. The minimum atomic E-state index is -2.06. The fraction of sp³-hybridized carbons (Fsp3) is 0.286. The Hall–Kier alpha value is -3.39. The third-order valence-electron chi connectivity index (χ3n) is 4.79. The van der Waals surface area contributed by atoms with Gasteiger partial charge < -0.3 is 25.7 Å². The number of anilines is 2. The quantitative estimate of drug-likeness (QED) is 0.592. The molecule has 1 aliphatic rings. The van der Waals surface area contributed by atoms with Gasteiger partial charge in [0.05, 0.1) is 13.0 Å². The molecule has 1 atom stereocenters. The first-order valence-corrected chi connectivity index (χ1v) is 9.24. The Morgan fingerprint density at radius 3 is 2.55 bits per heavy atom. The highest BCUT2D eigenvalue weighted by atomic mass is 16.4. The Kier molecular flexibility index (Phi) is 5.84. The third kappa shape index (κ3) is 4.91. The monoisotopic (exact) mass is 397 g/mol. The summed E-state index contributed by atoms with van der Waals surface area (Å²) in [7, 11) is 0. The Morgan fingerprint density at radius 2 is 1.86 bits per heavy atom. The number of urea groups is 1. The number of carbonyl (C=O) groups is 3. The first-order valence-electron chi connectivity index (χ1n) is 9.24. The number of benzene rings is 2. The minimum absolute atomic E-state index is 0.0194. The van der Waals surface area contributed by atoms with Crippen molar-refractivity contribution in [2.45, 2.75) is 25.4 Å². The van der Waals surface area contributed by atoms with E-state index in [1.54, 1.807) is 17.0 Å². The van der Waals surface area contributed by atoms with Crippen LogP contribution in [0.4, 0.5) is 16.2 Å². The second kappa shape index (κ2) is 8.32. The summed E-state index contributed by atoms with van der Waals surface area (Å²) >= 11 is 0. The lowest BCUT2D eigenvalue weighted by molar-refractivity contribution is -0.155. The average Bonchev–Trinajstić information content (AvgIpc) is 3.10. The van der Waals surface area contributed by atoms with E-state index in [4.69, 9.17) is 5.11 Å². The first-order chi connectivity index (χ1) is 13.8. The normalized spacial score (nSPS) is 14.6. The van der Waals surface area contributed by atoms with E-state index >= 15 is 0 Å². The third-order valence-corrected chi connectivity index (χ3v) is 4.79. The number of fused-ring (bicyclic) bond motifs is 1. The molecule has 0 saturated carbocycles. The predicted molar refractivity (Wildman–Crippen MR) is 108 cm³/mol. The van der Waals surface area contributed by atoms with Gasteiger partial charge in [-0.15, -0.1) is 0 Å². The molecule has 8 heteroatoms. The summed E-state index contributed by atoms with van der Waals surface area (Å²) in [5.74, 6) is -1.45. The maximum atomic E-state index is 12.7. The summed E-state index contributed by atoms with van der Waals surface area (Å²) in [5.41, 5.74) is 1.11. The highest BCUT2D eigenvalue weighted by Crippen LogP contribution is 2.31. The number of carboxylic acids is 1. The molecule has 0 aliphatic carbocycles. The molecule has 1 heterocycles. The molecule has 152 valence electrons. The van der Waals surface area contributed by atoms with Crippen LogP contribution in [0, 0.1) is 0 Å². The molecule has 0 radical (unpaired) electrons. The van der Waals surface area contributed by atoms with E-state index in [-0.39, 0.29) is 5.91 Å². The fourth-order valence-electron chi connectivity index (χ4n) is 3.09. The predicted octanol–water partition coefficient (Wildman–Crippen LogP) is 1.78. The second-order valence-corrected chi connectivity index (χ2v) is 7.19. The number of rotatable bonds is 6. The lowest BCUT2D eigenvalue weighted by Crippen LogP contribution is -2.47. The largest absolute Gasteiger partial charge is 0.479 e. The van der Waals surface area contributed by atoms with Gasteiger partial charge in [-0.3, -0.25) is 4.79 Å². The molecule has 0 bridgehead atoms. The van der Waals surface area contributed by atoms with Crippen LogP contribution in [0.25, 0.3) is 0 Å². The van der Waals surface area contributed by atoms with Gasteiger partial charge in [-0.25, -0.2) is 9.59 Å². The zero-order valence-corrected chi connectivity index (χ0v) is 16.0. The van der Waals surface area contributed by atoms with Gasteiger partial charge in [0, 0.05) is 17.9 Å². The topological polar surface area (TPSA) is 119 Å². The number of hydrogen-bond acceptors (Lipinski definition) is 4. The standard InChI is InChI=1S/C21H23N3O5/c1-21(29,19(26)27)13-22-20(28)23-16-8-7-15-9-10-24(17(15)12-16)18(25)11-14-5-3-2-4-6-14/h2-8,12,29H,9-11,13H2,1H3,(H,26,27)(H2,22,23,28). The van der Waals surface area contributed by atoms with Crippen LogP contribution in [0.5, 0.6) is 0 Å². The molecule has 8 nitrogen and oxygen atoms in total. The van der Waals surface area contributed by atoms with E-state index in [0.717, 1.165) is 30.2 Å². The van der Waals surface area contributed by atoms with Gasteiger partial charge in [-0.2, -0.15) is 0 Å². The van der Waals surface area contributed by atoms with E-state index in [9.17, 15) is 19.5 Å². The van der Waals surface area contributed by atoms with Crippen molar-refractivity contribution in [3.8, 4) is 0 Å². The lowest BCUT2D eigenvalue weighted by atomic mass is 10.1. The van der Waals surface area contributed by atoms with Gasteiger partial charge in [-0.05, 0) is 36.6 Å². The second-order valence-electron chi connectivity index (χ2n) is 7.19. The summed E-state index contributed by atoms with van der Waals surface area (Å²) in [4.78, 5) is 37.4. The van der Waals surface area contributed by atoms with Crippen molar-refractivity contribution < 1.29 is 24.6 Å². The maximum Gasteiger partial charge on any atom is 0.337 e. The van der Waals surface area contributed by atoms with Gasteiger partial charge in [0.15, 0.2) is 5.60 Å². The van der Waals surface area contributed by atoms with E-state index < -0.39 is 24.1 Å². The Labute approximate surface area is 168 Å². The number of hydrogen-bond donors (Lipinski definition) is 4. The number of aliphatic hydroxyl groups is 1. The molecular weight excluding hydrogens is 374 g/mol. The number of carbonyl (C=O) groups excluding carboxylic acids is 2. The van der Waals surface area contributed by atoms with Crippen LogP contribution in [0.2, 0.25) is 0 Å². The molecular formula is C21H23N3O5. The molecule has 2 aromatic rings. The van der Waals surface area contributed by atoms with Gasteiger partial charge in [0.2, 0.25) is 5.91 Å². The van der Waals surface area contributed by atoms with Crippen molar-refractivity contribution in [2.75, 3.05) is 23.3 Å². The number of carboxylic acid groups (broad SMARTS) is 1. The van der Waals surface area contributed by atoms with Gasteiger partial charge in [0.1, 0.15) is 0 Å². The van der Waals surface area contributed by atoms with E-state index in [0.29, 0.717) is 18.7 Å². The fourth-order valence-corrected chi connectivity index (χ4v) is 3.09. The summed E-state index contributed by atoms with van der Waals surface area (Å²) < 4.78 is 0. The SMILES string of the molecule is CC(O)(CNC(=O)Nc1ccc2c(c1)N(C(=O)Cc1ccccc1)CC2)C(=O)O. The molecule has 3 rings (SSSR count). The molecule has 4 N–H and O–H groups in total. The van der Waals surface area contributed by atoms with Crippen LogP contribution in [-0.2, 0) is 22.4 Å². The van der Waals surface area contributed by atoms with Gasteiger partial charge >= 0.3 is 12.0 Å². The van der Waals surface area contributed by atoms with Crippen LogP contribution in [-0.4, -0.2) is 46.8 Å². The van der Waals surface area contributed by atoms with Gasteiger partial charge in [0.25, 0.3) is 0 Å². The number of nitrogens with one attached hydrogen (secondary N) is 2. The van der Waals surface area contributed by atoms with Crippen LogP contribution < -0.4 is 15.5 Å². The molecule has 29 heavy (non-hydrogen) atoms. The van der Waals surface area contributed by atoms with Crippen LogP contribution in [0.15, 0.2) is 48.5 Å². The molecule has 2 aromatic carbocycles. The van der Waals surface area contributed by atoms with Crippen molar-refractivity contribution in [2.24, 2.45) is 0 Å². The number of amides is 3. The Balaban J connectivity index is 1.65. The van der Waals surface area contributed by atoms with Crippen molar-refractivity contribution in [3.63, 3.8) is 0 Å². The summed E-state index contributed by atoms with van der Waals surface area (Å²) in [6, 6.07) is 14.1. The van der Waals surface area contributed by atoms with Gasteiger partial charge in [-0.1, -0.05) is 36.4 Å². The summed E-state index contributed by atoms with van der Waals surface area (Å²) in [5, 5.41) is 23.5. The highest BCUT2D eigenvalue weighted by molar-refractivity contribution is 5.98. The molecule has 0 spiro atoms. The van der Waals surface area contributed by atoms with Crippen molar-refractivity contribution in [3.05, 3.63) is 59.7 Å². The van der Waals surface area contributed by atoms with Crippen LogP contribution in [0.1, 0.15) is 18.1 Å². The molecule has 3 amide bonds. The van der Waals surface area contributed by atoms with Crippen molar-refractivity contribution in [1.29, 1.82) is 0 Å². The Bertz CT molecular complexity index is 927. The summed E-state index contributed by atoms with van der Waals surface area (Å²) in [6.07, 6.45) is 1.03. The van der Waals surface area contributed by atoms with E-state index in [2.05, 4.69) is 10.6 Å². The first kappa shape index (κ1) is 20.3. The molecule has 1 aliphatic heterocycles. The smallest absolute Gasteiger partial charge is 0.337 e. The minimum Gasteiger partial charge on any atom is -0.479 e. The number of aliphatic carboxylic acids is 1.